The number of amides is 2. The van der Waals surface area contributed by atoms with Crippen LogP contribution < -0.4 is 10.6 Å². The number of alkyl carbamates (subject to hydrolysis) is 1. The third kappa shape index (κ3) is 5.82. The first-order chi connectivity index (χ1) is 17.0. The number of benzene rings is 2. The van der Waals surface area contributed by atoms with Crippen LogP contribution in [0.15, 0.2) is 48.5 Å². The van der Waals surface area contributed by atoms with Crippen LogP contribution in [-0.2, 0) is 19.1 Å². The molecule has 2 aromatic carbocycles. The Hall–Kier alpha value is -3.39. The van der Waals surface area contributed by atoms with Gasteiger partial charge in [-0.05, 0) is 35.1 Å². The van der Waals surface area contributed by atoms with E-state index < -0.39 is 24.1 Å². The monoisotopic (exact) mass is 480 g/mol. The van der Waals surface area contributed by atoms with Gasteiger partial charge in [0, 0.05) is 25.6 Å². The van der Waals surface area contributed by atoms with E-state index in [9.17, 15) is 14.4 Å². The van der Waals surface area contributed by atoms with Crippen molar-refractivity contribution in [2.75, 3.05) is 20.3 Å². The highest BCUT2D eigenvalue weighted by Crippen LogP contribution is 2.44. The quantitative estimate of drug-likeness (QED) is 0.504. The van der Waals surface area contributed by atoms with Crippen molar-refractivity contribution in [3.63, 3.8) is 0 Å². The summed E-state index contributed by atoms with van der Waals surface area (Å²) in [6, 6.07) is 16.0. The average Bonchev–Trinajstić information content (AvgIpc) is 3.19. The minimum absolute atomic E-state index is 0.0289. The largest absolute Gasteiger partial charge is 0.481 e. The molecule has 3 N–H and O–H groups in total. The Morgan fingerprint density at radius 1 is 1.00 bits per heavy atom. The summed E-state index contributed by atoms with van der Waals surface area (Å²) in [4.78, 5) is 36.5. The molecular weight excluding hydrogens is 448 g/mol. The second kappa shape index (κ2) is 11.4. The van der Waals surface area contributed by atoms with Crippen molar-refractivity contribution in [2.45, 2.75) is 50.2 Å². The number of methoxy groups -OCH3 is 1. The lowest BCUT2D eigenvalue weighted by Crippen LogP contribution is -2.49. The number of rotatable bonds is 9. The zero-order valence-electron chi connectivity index (χ0n) is 19.9. The molecule has 2 aliphatic carbocycles. The van der Waals surface area contributed by atoms with Crippen molar-refractivity contribution in [1.82, 2.24) is 10.6 Å². The molecule has 35 heavy (non-hydrogen) atoms. The number of aliphatic carboxylic acids is 1. The Morgan fingerprint density at radius 2 is 1.63 bits per heavy atom. The molecule has 1 saturated carbocycles. The molecule has 0 aliphatic heterocycles. The number of carbonyl (C=O) groups excluding carboxylic acids is 2. The van der Waals surface area contributed by atoms with Crippen molar-refractivity contribution >= 4 is 18.0 Å². The van der Waals surface area contributed by atoms with Gasteiger partial charge < -0.3 is 25.2 Å². The van der Waals surface area contributed by atoms with E-state index in [1.165, 1.54) is 18.2 Å². The predicted octanol–water partition coefficient (Wildman–Crippen LogP) is 3.69. The van der Waals surface area contributed by atoms with Crippen LogP contribution in [0.3, 0.4) is 0 Å². The van der Waals surface area contributed by atoms with Gasteiger partial charge in [0.2, 0.25) is 5.91 Å². The fourth-order valence-electron chi connectivity index (χ4n) is 5.19. The van der Waals surface area contributed by atoms with E-state index in [2.05, 4.69) is 34.9 Å². The molecular formula is C27H32N2O6. The van der Waals surface area contributed by atoms with E-state index in [0.29, 0.717) is 12.8 Å². The zero-order valence-corrected chi connectivity index (χ0v) is 19.9. The summed E-state index contributed by atoms with van der Waals surface area (Å²) in [5.41, 5.74) is 4.62. The highest BCUT2D eigenvalue weighted by atomic mass is 16.5. The maximum absolute atomic E-state index is 12.8. The Bertz CT molecular complexity index is 1030. The molecule has 0 spiro atoms. The van der Waals surface area contributed by atoms with Crippen molar-refractivity contribution in [3.05, 3.63) is 59.7 Å². The number of hydrogen-bond donors (Lipinski definition) is 3. The van der Waals surface area contributed by atoms with Crippen molar-refractivity contribution in [3.8, 4) is 11.1 Å². The predicted molar refractivity (Wildman–Crippen MR) is 130 cm³/mol. The summed E-state index contributed by atoms with van der Waals surface area (Å²) in [5, 5.41) is 14.7. The molecule has 3 unspecified atom stereocenters. The maximum Gasteiger partial charge on any atom is 0.407 e. The van der Waals surface area contributed by atoms with Crippen LogP contribution in [0, 0.1) is 5.92 Å². The standard InChI is InChI=1S/C27H32N2O6/c1-34-17(14-25(30)31)15-28-26(32)22-12-6-7-13-24(22)29-27(33)35-16-23-20-10-4-2-8-18(20)19-9-3-5-11-21(19)23/h2-5,8-11,17,22-24H,6-7,12-16H2,1H3,(H,28,32)(H,29,33)(H,30,31). The first-order valence-electron chi connectivity index (χ1n) is 12.1. The minimum atomic E-state index is -0.987. The van der Waals surface area contributed by atoms with Gasteiger partial charge in [-0.1, -0.05) is 61.4 Å². The first-order valence-corrected chi connectivity index (χ1v) is 12.1. The molecule has 3 atom stereocenters. The molecule has 186 valence electrons. The summed E-state index contributed by atoms with van der Waals surface area (Å²) < 4.78 is 10.8. The van der Waals surface area contributed by atoms with Crippen molar-refractivity contribution in [1.29, 1.82) is 0 Å². The van der Waals surface area contributed by atoms with Gasteiger partial charge in [-0.25, -0.2) is 4.79 Å². The molecule has 2 amide bonds. The number of carboxylic acid groups (broad SMARTS) is 1. The molecule has 2 aliphatic rings. The van der Waals surface area contributed by atoms with Gasteiger partial charge in [-0.15, -0.1) is 0 Å². The maximum atomic E-state index is 12.8. The molecule has 2 aromatic rings. The van der Waals surface area contributed by atoms with Gasteiger partial charge in [-0.2, -0.15) is 0 Å². The van der Waals surface area contributed by atoms with Crippen LogP contribution in [-0.4, -0.2) is 55.5 Å². The van der Waals surface area contributed by atoms with Gasteiger partial charge in [0.15, 0.2) is 0 Å². The SMILES string of the molecule is COC(CNC(=O)C1CCCCC1NC(=O)OCC1c2ccccc2-c2ccccc21)CC(=O)O. The van der Waals surface area contributed by atoms with Gasteiger partial charge in [-0.3, -0.25) is 9.59 Å². The Labute approximate surface area is 205 Å². The van der Waals surface area contributed by atoms with Gasteiger partial charge in [0.25, 0.3) is 0 Å². The molecule has 0 heterocycles. The van der Waals surface area contributed by atoms with Crippen LogP contribution in [0.4, 0.5) is 4.79 Å². The number of carboxylic acids is 1. The molecule has 4 rings (SSSR count). The summed E-state index contributed by atoms with van der Waals surface area (Å²) in [6.07, 6.45) is 1.82. The van der Waals surface area contributed by atoms with Crippen molar-refractivity contribution in [2.24, 2.45) is 5.92 Å². The third-order valence-electron chi connectivity index (χ3n) is 6.99. The molecule has 0 aromatic heterocycles. The van der Waals surface area contributed by atoms with Crippen LogP contribution in [0.5, 0.6) is 0 Å². The lowest BCUT2D eigenvalue weighted by atomic mass is 9.84. The molecule has 0 bridgehead atoms. The van der Waals surface area contributed by atoms with Crippen LogP contribution in [0.2, 0.25) is 0 Å². The normalized spacial score (nSPS) is 19.8. The minimum Gasteiger partial charge on any atom is -0.481 e. The molecule has 1 fully saturated rings. The van der Waals surface area contributed by atoms with E-state index in [1.54, 1.807) is 0 Å². The van der Waals surface area contributed by atoms with Crippen molar-refractivity contribution < 1.29 is 29.0 Å². The topological polar surface area (TPSA) is 114 Å². The van der Waals surface area contributed by atoms with E-state index in [4.69, 9.17) is 14.6 Å². The molecule has 8 nitrogen and oxygen atoms in total. The highest BCUT2D eigenvalue weighted by molar-refractivity contribution is 5.81. The van der Waals surface area contributed by atoms with E-state index in [-0.39, 0.29) is 37.4 Å². The lowest BCUT2D eigenvalue weighted by molar-refractivity contribution is -0.140. The third-order valence-corrected chi connectivity index (χ3v) is 6.99. The number of hydrogen-bond acceptors (Lipinski definition) is 5. The lowest BCUT2D eigenvalue weighted by Gasteiger charge is -2.31. The van der Waals surface area contributed by atoms with Gasteiger partial charge in [0.1, 0.15) is 6.61 Å². The average molecular weight is 481 g/mol. The fourth-order valence-corrected chi connectivity index (χ4v) is 5.19. The number of nitrogens with one attached hydrogen (secondary N) is 2. The Morgan fingerprint density at radius 3 is 2.26 bits per heavy atom. The number of fused-ring (bicyclic) bond motifs is 3. The zero-order chi connectivity index (χ0) is 24.8. The van der Waals surface area contributed by atoms with Crippen LogP contribution in [0.25, 0.3) is 11.1 Å². The Kier molecular flexibility index (Phi) is 8.02. The summed E-state index contributed by atoms with van der Waals surface area (Å²) in [5.74, 6) is -1.62. The second-order valence-corrected chi connectivity index (χ2v) is 9.17. The summed E-state index contributed by atoms with van der Waals surface area (Å²) in [6.45, 7) is 0.323. The van der Waals surface area contributed by atoms with E-state index in [0.717, 1.165) is 24.0 Å². The fraction of sp³-hybridized carbons (Fsp3) is 0.444. The first kappa shape index (κ1) is 24.7. The highest BCUT2D eigenvalue weighted by Gasteiger charge is 2.34. The van der Waals surface area contributed by atoms with E-state index >= 15 is 0 Å². The summed E-state index contributed by atoms with van der Waals surface area (Å²) in [7, 11) is 1.42. The van der Waals surface area contributed by atoms with Crippen LogP contribution in [0.1, 0.15) is 49.1 Å². The van der Waals surface area contributed by atoms with Gasteiger partial charge in [0.05, 0.1) is 18.4 Å². The number of carbonyl (C=O) groups is 3. The smallest absolute Gasteiger partial charge is 0.407 e. The van der Waals surface area contributed by atoms with E-state index in [1.807, 2.05) is 24.3 Å². The number of ether oxygens (including phenoxy) is 2. The molecule has 0 radical (unpaired) electrons. The van der Waals surface area contributed by atoms with Crippen LogP contribution >= 0.6 is 0 Å². The van der Waals surface area contributed by atoms with Gasteiger partial charge >= 0.3 is 12.1 Å². The Balaban J connectivity index is 1.34. The summed E-state index contributed by atoms with van der Waals surface area (Å²) >= 11 is 0. The molecule has 8 heteroatoms. The second-order valence-electron chi connectivity index (χ2n) is 9.17. The molecule has 0 saturated heterocycles.